The zero-order valence-electron chi connectivity index (χ0n) is 23.2. The summed E-state index contributed by atoms with van der Waals surface area (Å²) in [4.78, 5) is 52.3. The van der Waals surface area contributed by atoms with E-state index in [0.717, 1.165) is 16.0 Å². The molecule has 3 amide bonds. The second-order valence-electron chi connectivity index (χ2n) is 10.5. The summed E-state index contributed by atoms with van der Waals surface area (Å²) in [5.74, 6) is -1.88. The quantitative estimate of drug-likeness (QED) is 0.256. The Morgan fingerprint density at radius 2 is 1.49 bits per heavy atom. The number of hydrogen-bond donors (Lipinski definition) is 3. The first-order chi connectivity index (χ1) is 19.7. The zero-order chi connectivity index (χ0) is 29.4. The Bertz CT molecular complexity index is 1380. The summed E-state index contributed by atoms with van der Waals surface area (Å²) in [5.41, 5.74) is 2.37. The van der Waals surface area contributed by atoms with Crippen LogP contribution in [0.2, 0.25) is 0 Å². The molecule has 0 radical (unpaired) electrons. The molecule has 1 unspecified atom stereocenters. The van der Waals surface area contributed by atoms with E-state index in [1.807, 2.05) is 74.5 Å². The van der Waals surface area contributed by atoms with Crippen molar-refractivity contribution in [3.63, 3.8) is 0 Å². The van der Waals surface area contributed by atoms with Crippen molar-refractivity contribution in [3.8, 4) is 5.75 Å². The highest BCUT2D eigenvalue weighted by Gasteiger charge is 2.37. The summed E-state index contributed by atoms with van der Waals surface area (Å²) in [6.45, 7) is 4.42. The van der Waals surface area contributed by atoms with Gasteiger partial charge in [0.05, 0.1) is 17.2 Å². The Labute approximate surface area is 239 Å². The van der Waals surface area contributed by atoms with Crippen molar-refractivity contribution in [3.05, 3.63) is 101 Å². The molecule has 0 saturated heterocycles. The van der Waals surface area contributed by atoms with Gasteiger partial charge in [0.1, 0.15) is 18.4 Å². The maximum absolute atomic E-state index is 13.1. The molecule has 1 heterocycles. The van der Waals surface area contributed by atoms with E-state index in [2.05, 4.69) is 10.6 Å². The normalized spacial score (nSPS) is 14.1. The fourth-order valence-corrected chi connectivity index (χ4v) is 4.71. The van der Waals surface area contributed by atoms with Gasteiger partial charge in [-0.25, -0.2) is 0 Å². The highest BCUT2D eigenvalue weighted by Crippen LogP contribution is 2.27. The van der Waals surface area contributed by atoms with Crippen LogP contribution in [0.3, 0.4) is 0 Å². The lowest BCUT2D eigenvalue weighted by molar-refractivity contribution is -0.140. The fourth-order valence-electron chi connectivity index (χ4n) is 4.71. The van der Waals surface area contributed by atoms with Gasteiger partial charge in [-0.3, -0.25) is 29.4 Å². The lowest BCUT2D eigenvalue weighted by atomic mass is 10.0. The average molecular weight is 558 g/mol. The van der Waals surface area contributed by atoms with Crippen LogP contribution in [0, 0.1) is 5.92 Å². The molecule has 0 saturated carbocycles. The molecule has 1 aliphatic heterocycles. The Morgan fingerprint density at radius 1 is 0.854 bits per heavy atom. The van der Waals surface area contributed by atoms with E-state index in [1.54, 1.807) is 18.2 Å². The standard InChI is InChI=1S/C32H35N3O6/c1-21(2)17-28(29(36)33-19-22-9-5-3-6-10-22)34-27(32(39)40)15-16-35-30(37)25-14-13-24(18-26(25)31(35)38)41-20-23-11-7-4-8-12-23/h3-14,18,21,27-28,34H,15-17,19-20H2,1-2H3,(H,33,36)(H,39,40)/t27?,28-/m0/s1. The van der Waals surface area contributed by atoms with E-state index < -0.39 is 29.9 Å². The van der Waals surface area contributed by atoms with Gasteiger partial charge in [0, 0.05) is 13.1 Å². The van der Waals surface area contributed by atoms with Crippen LogP contribution in [-0.4, -0.2) is 52.3 Å². The number of carboxylic acid groups (broad SMARTS) is 1. The van der Waals surface area contributed by atoms with Crippen molar-refractivity contribution in [2.45, 2.75) is 51.9 Å². The summed E-state index contributed by atoms with van der Waals surface area (Å²) in [6.07, 6.45) is 0.363. The molecule has 3 aromatic rings. The smallest absolute Gasteiger partial charge is 0.320 e. The maximum Gasteiger partial charge on any atom is 0.320 e. The van der Waals surface area contributed by atoms with Crippen LogP contribution < -0.4 is 15.4 Å². The maximum atomic E-state index is 13.1. The topological polar surface area (TPSA) is 125 Å². The van der Waals surface area contributed by atoms with Crippen LogP contribution in [-0.2, 0) is 22.7 Å². The van der Waals surface area contributed by atoms with E-state index in [-0.39, 0.29) is 35.9 Å². The number of carbonyl (C=O) groups excluding carboxylic acids is 3. The number of aliphatic carboxylic acids is 1. The minimum absolute atomic E-state index is 0.0568. The molecule has 0 bridgehead atoms. The molecule has 1 aliphatic rings. The Morgan fingerprint density at radius 3 is 2.12 bits per heavy atom. The number of amides is 3. The van der Waals surface area contributed by atoms with Gasteiger partial charge in [-0.05, 0) is 48.1 Å². The molecule has 3 aromatic carbocycles. The van der Waals surface area contributed by atoms with Crippen LogP contribution in [0.5, 0.6) is 5.75 Å². The second-order valence-corrected chi connectivity index (χ2v) is 10.5. The van der Waals surface area contributed by atoms with Gasteiger partial charge in [0.15, 0.2) is 0 Å². The van der Waals surface area contributed by atoms with Crippen LogP contribution in [0.15, 0.2) is 78.9 Å². The number of hydrogen-bond acceptors (Lipinski definition) is 6. The molecule has 9 nitrogen and oxygen atoms in total. The van der Waals surface area contributed by atoms with Gasteiger partial charge in [-0.1, -0.05) is 74.5 Å². The van der Waals surface area contributed by atoms with E-state index in [0.29, 0.717) is 25.3 Å². The first-order valence-corrected chi connectivity index (χ1v) is 13.7. The first kappa shape index (κ1) is 29.5. The summed E-state index contributed by atoms with van der Waals surface area (Å²) in [6, 6.07) is 21.8. The number of fused-ring (bicyclic) bond motifs is 1. The molecular weight excluding hydrogens is 522 g/mol. The molecule has 0 fully saturated rings. The predicted molar refractivity (Wildman–Crippen MR) is 153 cm³/mol. The Hall–Kier alpha value is -4.50. The number of imide groups is 1. The summed E-state index contributed by atoms with van der Waals surface area (Å²) < 4.78 is 5.80. The summed E-state index contributed by atoms with van der Waals surface area (Å²) in [5, 5.41) is 15.7. The molecular formula is C32H35N3O6. The van der Waals surface area contributed by atoms with Crippen molar-refractivity contribution < 1.29 is 29.0 Å². The van der Waals surface area contributed by atoms with E-state index in [9.17, 15) is 24.3 Å². The fraction of sp³-hybridized carbons (Fsp3) is 0.312. The molecule has 2 atom stereocenters. The van der Waals surface area contributed by atoms with Crippen molar-refractivity contribution in [1.82, 2.24) is 15.5 Å². The lowest BCUT2D eigenvalue weighted by Crippen LogP contribution is -2.52. The van der Waals surface area contributed by atoms with Crippen LogP contribution in [0.4, 0.5) is 0 Å². The van der Waals surface area contributed by atoms with Crippen LogP contribution in [0.1, 0.15) is 58.5 Å². The molecule has 214 valence electrons. The van der Waals surface area contributed by atoms with Crippen LogP contribution >= 0.6 is 0 Å². The largest absolute Gasteiger partial charge is 0.489 e. The minimum Gasteiger partial charge on any atom is -0.489 e. The second kappa shape index (κ2) is 13.7. The van der Waals surface area contributed by atoms with Crippen molar-refractivity contribution in [2.24, 2.45) is 5.92 Å². The monoisotopic (exact) mass is 557 g/mol. The molecule has 9 heteroatoms. The SMILES string of the molecule is CC(C)C[C@H](NC(CCN1C(=O)c2ccc(OCc3ccccc3)cc2C1=O)C(=O)O)C(=O)NCc1ccccc1. The third-order valence-electron chi connectivity index (χ3n) is 6.87. The van der Waals surface area contributed by atoms with Gasteiger partial charge in [0.2, 0.25) is 5.91 Å². The van der Waals surface area contributed by atoms with Crippen molar-refractivity contribution in [2.75, 3.05) is 6.54 Å². The molecule has 41 heavy (non-hydrogen) atoms. The number of benzene rings is 3. The highest BCUT2D eigenvalue weighted by atomic mass is 16.5. The van der Waals surface area contributed by atoms with Crippen molar-refractivity contribution in [1.29, 1.82) is 0 Å². The van der Waals surface area contributed by atoms with Gasteiger partial charge in [-0.15, -0.1) is 0 Å². The number of carbonyl (C=O) groups is 4. The summed E-state index contributed by atoms with van der Waals surface area (Å²) in [7, 11) is 0. The lowest BCUT2D eigenvalue weighted by Gasteiger charge is -2.25. The van der Waals surface area contributed by atoms with Gasteiger partial charge < -0.3 is 15.2 Å². The van der Waals surface area contributed by atoms with E-state index in [4.69, 9.17) is 4.74 Å². The first-order valence-electron chi connectivity index (χ1n) is 13.7. The van der Waals surface area contributed by atoms with Gasteiger partial charge in [0.25, 0.3) is 11.8 Å². The third-order valence-corrected chi connectivity index (χ3v) is 6.87. The zero-order valence-corrected chi connectivity index (χ0v) is 23.2. The Balaban J connectivity index is 1.38. The van der Waals surface area contributed by atoms with E-state index in [1.165, 1.54) is 0 Å². The molecule has 0 aromatic heterocycles. The van der Waals surface area contributed by atoms with E-state index >= 15 is 0 Å². The van der Waals surface area contributed by atoms with Crippen molar-refractivity contribution >= 4 is 23.7 Å². The third kappa shape index (κ3) is 7.79. The number of nitrogens with zero attached hydrogens (tertiary/aromatic N) is 1. The number of ether oxygens (including phenoxy) is 1. The molecule has 0 aliphatic carbocycles. The average Bonchev–Trinajstić information content (AvgIpc) is 3.21. The van der Waals surface area contributed by atoms with Gasteiger partial charge >= 0.3 is 5.97 Å². The predicted octanol–water partition coefficient (Wildman–Crippen LogP) is 4.03. The summed E-state index contributed by atoms with van der Waals surface area (Å²) >= 11 is 0. The number of nitrogens with one attached hydrogen (secondary N) is 2. The highest BCUT2D eigenvalue weighted by molar-refractivity contribution is 6.21. The number of carboxylic acids is 1. The number of rotatable bonds is 14. The minimum atomic E-state index is -1.16. The molecule has 3 N–H and O–H groups in total. The Kier molecular flexibility index (Phi) is 9.86. The molecule has 0 spiro atoms. The molecule has 4 rings (SSSR count). The van der Waals surface area contributed by atoms with Gasteiger partial charge in [-0.2, -0.15) is 0 Å². The van der Waals surface area contributed by atoms with Crippen LogP contribution in [0.25, 0.3) is 0 Å².